The van der Waals surface area contributed by atoms with Gasteiger partial charge in [0.2, 0.25) is 0 Å². The summed E-state index contributed by atoms with van der Waals surface area (Å²) in [7, 11) is 0. The van der Waals surface area contributed by atoms with Gasteiger partial charge in [0.15, 0.2) is 0 Å². The number of rotatable bonds is 2. The van der Waals surface area contributed by atoms with Crippen molar-refractivity contribution >= 4 is 6.98 Å². The largest absolute Gasteiger partial charge is 1.00 e. The number of piperidine rings is 1. The smallest absolute Gasteiger partial charge is 0.448 e. The van der Waals surface area contributed by atoms with Crippen LogP contribution in [0.2, 0.25) is 0 Å². The number of hydrogen-bond donors (Lipinski definition) is 0. The Hall–Kier alpha value is 1.45. The number of halogens is 3. The van der Waals surface area contributed by atoms with Crippen LogP contribution >= 0.6 is 0 Å². The van der Waals surface area contributed by atoms with Crippen LogP contribution in [0.5, 0.6) is 0 Å². The average molecular weight is 247 g/mol. The summed E-state index contributed by atoms with van der Waals surface area (Å²) < 4.78 is 36.9. The molecule has 0 amide bonds. The third kappa shape index (κ3) is 5.55. The van der Waals surface area contributed by atoms with E-state index < -0.39 is 13.4 Å². The van der Waals surface area contributed by atoms with E-state index in [-0.39, 0.29) is 57.4 Å². The monoisotopic (exact) mass is 247 g/mol. The van der Waals surface area contributed by atoms with E-state index in [4.69, 9.17) is 0 Å². The van der Waals surface area contributed by atoms with Crippen molar-refractivity contribution in [3.8, 4) is 0 Å². The molecule has 0 radical (unpaired) electrons. The van der Waals surface area contributed by atoms with E-state index in [1.54, 1.807) is 4.90 Å². The molecule has 3 atom stereocenters. The van der Waals surface area contributed by atoms with E-state index in [0.29, 0.717) is 18.4 Å². The molecule has 3 unspecified atom stereocenters. The minimum atomic E-state index is -4.67. The van der Waals surface area contributed by atoms with E-state index >= 15 is 0 Å². The molecule has 1 nitrogen and oxygen atoms in total. The van der Waals surface area contributed by atoms with Gasteiger partial charge in [-0.05, 0) is 38.2 Å². The molecule has 0 aliphatic carbocycles. The summed E-state index contributed by atoms with van der Waals surface area (Å²) >= 11 is 0. The predicted molar refractivity (Wildman–Crippen MR) is 53.1 cm³/mol. The molecule has 0 spiro atoms. The van der Waals surface area contributed by atoms with Crippen molar-refractivity contribution in [2.75, 3.05) is 13.0 Å². The first kappa shape index (κ1) is 16.5. The maximum absolute atomic E-state index is 12.3. The van der Waals surface area contributed by atoms with Gasteiger partial charge in [-0.15, -0.1) is 0 Å². The van der Waals surface area contributed by atoms with Crippen LogP contribution in [0, 0.1) is 11.8 Å². The second-order valence-electron chi connectivity index (χ2n) is 4.72. The molecular formula is C9H18BF3KN. The van der Waals surface area contributed by atoms with Gasteiger partial charge in [0.05, 0.1) is 0 Å². The van der Waals surface area contributed by atoms with Gasteiger partial charge in [0.1, 0.15) is 0 Å². The first-order valence-electron chi connectivity index (χ1n) is 5.24. The van der Waals surface area contributed by atoms with Gasteiger partial charge < -0.3 is 17.8 Å². The fourth-order valence-electron chi connectivity index (χ4n) is 2.34. The van der Waals surface area contributed by atoms with E-state index in [1.165, 1.54) is 0 Å². The van der Waals surface area contributed by atoms with Crippen LogP contribution < -0.4 is 51.4 Å². The van der Waals surface area contributed by atoms with Crippen molar-refractivity contribution in [3.05, 3.63) is 0 Å². The van der Waals surface area contributed by atoms with Crippen molar-refractivity contribution in [1.82, 2.24) is 4.90 Å². The van der Waals surface area contributed by atoms with Gasteiger partial charge in [0, 0.05) is 6.04 Å². The van der Waals surface area contributed by atoms with Gasteiger partial charge in [-0.25, -0.2) is 0 Å². The normalized spacial score (nSPS) is 33.6. The van der Waals surface area contributed by atoms with Crippen LogP contribution in [0.3, 0.4) is 0 Å². The van der Waals surface area contributed by atoms with Crippen molar-refractivity contribution < 1.29 is 64.3 Å². The number of nitrogens with zero attached hydrogens (tertiary/aromatic N) is 1. The minimum Gasteiger partial charge on any atom is -0.448 e. The van der Waals surface area contributed by atoms with Gasteiger partial charge in [-0.1, -0.05) is 13.8 Å². The zero-order chi connectivity index (χ0) is 10.9. The Kier molecular flexibility index (Phi) is 7.02. The second-order valence-corrected chi connectivity index (χ2v) is 4.72. The summed E-state index contributed by atoms with van der Waals surface area (Å²) in [4.78, 5) is 1.58. The topological polar surface area (TPSA) is 3.24 Å². The van der Waals surface area contributed by atoms with Crippen LogP contribution in [0.4, 0.5) is 12.9 Å². The summed E-state index contributed by atoms with van der Waals surface area (Å²) in [6.07, 6.45) is 0.346. The Morgan fingerprint density at radius 3 is 2.20 bits per heavy atom. The van der Waals surface area contributed by atoms with E-state index in [2.05, 4.69) is 0 Å². The summed E-state index contributed by atoms with van der Waals surface area (Å²) in [5, 5.41) is 0. The first-order valence-corrected chi connectivity index (χ1v) is 5.24. The minimum absolute atomic E-state index is 0. The Morgan fingerprint density at radius 1 is 1.20 bits per heavy atom. The predicted octanol–water partition coefficient (Wildman–Crippen LogP) is -0.257. The van der Waals surface area contributed by atoms with Crippen LogP contribution in [0.25, 0.3) is 0 Å². The molecule has 6 heteroatoms. The van der Waals surface area contributed by atoms with Crippen molar-refractivity contribution in [2.45, 2.75) is 33.2 Å². The first-order chi connectivity index (χ1) is 6.29. The Bertz CT molecular complexity index is 200. The molecule has 1 aliphatic rings. The molecule has 1 aliphatic heterocycles. The van der Waals surface area contributed by atoms with Crippen LogP contribution in [-0.4, -0.2) is 30.9 Å². The molecule has 0 N–H and O–H groups in total. The average Bonchev–Trinajstić information content (AvgIpc) is 1.96. The van der Waals surface area contributed by atoms with Crippen molar-refractivity contribution in [2.24, 2.45) is 11.8 Å². The third-order valence-corrected chi connectivity index (χ3v) is 3.16. The van der Waals surface area contributed by atoms with Crippen molar-refractivity contribution in [3.63, 3.8) is 0 Å². The van der Waals surface area contributed by atoms with Gasteiger partial charge in [0.25, 0.3) is 0 Å². The number of hydrogen-bond acceptors (Lipinski definition) is 1. The van der Waals surface area contributed by atoms with Crippen molar-refractivity contribution in [1.29, 1.82) is 0 Å². The zero-order valence-corrected chi connectivity index (χ0v) is 13.1. The Balaban J connectivity index is 0.00000196. The quantitative estimate of drug-likeness (QED) is 0.608. The molecule has 0 aromatic carbocycles. The van der Waals surface area contributed by atoms with E-state index in [9.17, 15) is 12.9 Å². The molecule has 0 aromatic rings. The molecule has 1 saturated heterocycles. The van der Waals surface area contributed by atoms with Crippen LogP contribution in [-0.2, 0) is 0 Å². The molecule has 1 rings (SSSR count). The molecule has 84 valence electrons. The molecule has 1 heterocycles. The third-order valence-electron chi connectivity index (χ3n) is 3.16. The summed E-state index contributed by atoms with van der Waals surface area (Å²) in [5.74, 6) is 0.760. The van der Waals surface area contributed by atoms with Crippen LogP contribution in [0.15, 0.2) is 0 Å². The van der Waals surface area contributed by atoms with Gasteiger partial charge in [-0.3, -0.25) is 0 Å². The van der Waals surface area contributed by atoms with Crippen LogP contribution in [0.1, 0.15) is 27.2 Å². The zero-order valence-electron chi connectivity index (χ0n) is 10.0. The molecule has 1 fully saturated rings. The molecule has 0 saturated carbocycles. The maximum Gasteiger partial charge on any atom is 1.00 e. The Labute approximate surface area is 133 Å². The fraction of sp³-hybridized carbons (Fsp3) is 1.00. The van der Waals surface area contributed by atoms with E-state index in [1.807, 2.05) is 20.8 Å². The molecular weight excluding hydrogens is 229 g/mol. The second kappa shape index (κ2) is 6.40. The maximum atomic E-state index is 12.3. The van der Waals surface area contributed by atoms with Gasteiger partial charge >= 0.3 is 58.4 Å². The standard InChI is InChI=1S/C9H18BF3N.K/c1-7-4-8(2)9(3)14(5-7)6-10(11,12)13;/h7-9H,4-6H2,1-3H3;/q-1;+1. The number of likely N-dealkylation sites (tertiary alicyclic amines) is 1. The summed E-state index contributed by atoms with van der Waals surface area (Å²) in [6.45, 7) is 1.88. The summed E-state index contributed by atoms with van der Waals surface area (Å²) in [6, 6.07) is 0.0645. The fourth-order valence-corrected chi connectivity index (χ4v) is 2.34. The van der Waals surface area contributed by atoms with E-state index in [0.717, 1.165) is 6.42 Å². The molecule has 15 heavy (non-hydrogen) atoms. The molecule has 0 aromatic heterocycles. The SMILES string of the molecule is CC1CC(C)C(C)N(C[B-](F)(F)F)C1.[K+]. The Morgan fingerprint density at radius 2 is 1.73 bits per heavy atom. The molecule has 0 bridgehead atoms. The van der Waals surface area contributed by atoms with Gasteiger partial charge in [-0.2, -0.15) is 0 Å². The summed E-state index contributed by atoms with van der Waals surface area (Å²) in [5.41, 5.74) is 0.